The number of aromatic nitrogens is 2. The number of fused-ring (bicyclic) bond motifs is 1. The van der Waals surface area contributed by atoms with Gasteiger partial charge in [0.05, 0.1) is 23.0 Å². The number of sulfonamides is 1. The van der Waals surface area contributed by atoms with Gasteiger partial charge in [-0.25, -0.2) is 22.7 Å². The third-order valence-corrected chi connectivity index (χ3v) is 6.32. The highest BCUT2D eigenvalue weighted by molar-refractivity contribution is 7.89. The number of nitrogens with one attached hydrogen (secondary N) is 1. The van der Waals surface area contributed by atoms with Gasteiger partial charge in [-0.3, -0.25) is 9.13 Å². The summed E-state index contributed by atoms with van der Waals surface area (Å²) in [5.41, 5.74) is 1.02. The van der Waals surface area contributed by atoms with Crippen LogP contribution in [0.2, 0.25) is 0 Å². The van der Waals surface area contributed by atoms with Crippen LogP contribution in [-0.2, 0) is 28.9 Å². The Morgan fingerprint density at radius 2 is 1.77 bits per heavy atom. The number of hydrogen-bond acceptors (Lipinski definition) is 5. The Kier molecular flexibility index (Phi) is 4.80. The lowest BCUT2D eigenvalue weighted by Gasteiger charge is -2.31. The molecule has 3 rings (SSSR count). The van der Waals surface area contributed by atoms with E-state index < -0.39 is 16.1 Å². The normalized spacial score (nSPS) is 16.2. The Balaban J connectivity index is 1.79. The predicted octanol–water partition coefficient (Wildman–Crippen LogP) is 0.386. The van der Waals surface area contributed by atoms with Crippen LogP contribution in [0.5, 0.6) is 0 Å². The summed E-state index contributed by atoms with van der Waals surface area (Å²) >= 11 is 0. The minimum absolute atomic E-state index is 0.113. The fraction of sp³-hybridized carbons (Fsp3) is 0.500. The Morgan fingerprint density at radius 3 is 2.38 bits per heavy atom. The third kappa shape index (κ3) is 3.21. The van der Waals surface area contributed by atoms with E-state index in [-0.39, 0.29) is 16.6 Å². The number of methoxy groups -OCH3 is 1. The molecule has 2 aromatic rings. The number of benzene rings is 1. The molecular weight excluding hydrogens is 360 g/mol. The molecule has 0 saturated carbocycles. The quantitative estimate of drug-likeness (QED) is 0.827. The first-order valence-electron chi connectivity index (χ1n) is 8.25. The Labute approximate surface area is 151 Å². The van der Waals surface area contributed by atoms with Crippen molar-refractivity contribution in [1.82, 2.24) is 18.8 Å². The van der Waals surface area contributed by atoms with E-state index in [1.54, 1.807) is 25.1 Å². The average molecular weight is 382 g/mol. The summed E-state index contributed by atoms with van der Waals surface area (Å²) in [5, 5.41) is 0. The van der Waals surface area contributed by atoms with Crippen molar-refractivity contribution in [1.29, 1.82) is 0 Å². The smallest absolute Gasteiger partial charge is 0.409 e. The van der Waals surface area contributed by atoms with E-state index in [0.29, 0.717) is 37.0 Å². The number of aryl methyl sites for hydroxylation is 2. The van der Waals surface area contributed by atoms with Crippen LogP contribution in [0, 0.1) is 0 Å². The van der Waals surface area contributed by atoms with Gasteiger partial charge in [0.2, 0.25) is 10.0 Å². The molecule has 1 aliphatic heterocycles. The van der Waals surface area contributed by atoms with Crippen molar-refractivity contribution in [3.8, 4) is 0 Å². The summed E-state index contributed by atoms with van der Waals surface area (Å²) in [5.74, 6) is 0. The number of likely N-dealkylation sites (tertiary alicyclic amines) is 1. The minimum Gasteiger partial charge on any atom is -0.453 e. The van der Waals surface area contributed by atoms with Crippen LogP contribution in [0.25, 0.3) is 11.0 Å². The largest absolute Gasteiger partial charge is 0.453 e. The first kappa shape index (κ1) is 18.5. The van der Waals surface area contributed by atoms with Crippen molar-refractivity contribution in [3.63, 3.8) is 0 Å². The second-order valence-corrected chi connectivity index (χ2v) is 8.12. The second-order valence-electron chi connectivity index (χ2n) is 6.40. The molecule has 1 aromatic heterocycles. The number of amides is 1. The lowest BCUT2D eigenvalue weighted by atomic mass is 10.1. The molecule has 1 N–H and O–H groups in total. The summed E-state index contributed by atoms with van der Waals surface area (Å²) < 4.78 is 35.7. The van der Waals surface area contributed by atoms with Crippen molar-refractivity contribution < 1.29 is 17.9 Å². The number of nitrogens with zero attached hydrogens (tertiary/aromatic N) is 3. The number of carbonyl (C=O) groups excluding carboxylic acids is 1. The monoisotopic (exact) mass is 382 g/mol. The van der Waals surface area contributed by atoms with Gasteiger partial charge in [0.15, 0.2) is 0 Å². The van der Waals surface area contributed by atoms with E-state index in [1.165, 1.54) is 28.4 Å². The zero-order valence-electron chi connectivity index (χ0n) is 14.9. The van der Waals surface area contributed by atoms with Crippen molar-refractivity contribution in [2.75, 3.05) is 20.2 Å². The molecule has 142 valence electrons. The number of piperidine rings is 1. The molecule has 1 aromatic carbocycles. The van der Waals surface area contributed by atoms with Gasteiger partial charge in [0, 0.05) is 33.2 Å². The van der Waals surface area contributed by atoms with Gasteiger partial charge < -0.3 is 9.64 Å². The highest BCUT2D eigenvalue weighted by Crippen LogP contribution is 2.20. The molecule has 0 unspecified atom stereocenters. The molecule has 0 spiro atoms. The summed E-state index contributed by atoms with van der Waals surface area (Å²) in [6.45, 7) is 0.873. The first-order chi connectivity index (χ1) is 12.2. The third-order valence-electron chi connectivity index (χ3n) is 4.80. The first-order valence-corrected chi connectivity index (χ1v) is 9.73. The van der Waals surface area contributed by atoms with Crippen LogP contribution in [-0.4, -0.2) is 54.8 Å². The van der Waals surface area contributed by atoms with Crippen molar-refractivity contribution >= 4 is 27.1 Å². The molecule has 1 amide bonds. The topological polar surface area (TPSA) is 103 Å². The number of carbonyl (C=O) groups is 1. The Morgan fingerprint density at radius 1 is 1.15 bits per heavy atom. The molecule has 0 atom stereocenters. The van der Waals surface area contributed by atoms with Crippen LogP contribution in [0.15, 0.2) is 27.9 Å². The highest BCUT2D eigenvalue weighted by Gasteiger charge is 2.27. The fourth-order valence-corrected chi connectivity index (χ4v) is 4.57. The molecule has 26 heavy (non-hydrogen) atoms. The number of imidazole rings is 1. The maximum absolute atomic E-state index is 12.7. The highest BCUT2D eigenvalue weighted by atomic mass is 32.2. The summed E-state index contributed by atoms with van der Waals surface area (Å²) in [6.07, 6.45) is 0.627. The maximum Gasteiger partial charge on any atom is 0.409 e. The van der Waals surface area contributed by atoms with Gasteiger partial charge in [-0.2, -0.15) is 0 Å². The van der Waals surface area contributed by atoms with Gasteiger partial charge in [-0.1, -0.05) is 0 Å². The second kappa shape index (κ2) is 6.76. The summed E-state index contributed by atoms with van der Waals surface area (Å²) in [6, 6.07) is 4.37. The lowest BCUT2D eigenvalue weighted by molar-refractivity contribution is 0.111. The van der Waals surface area contributed by atoms with Crippen LogP contribution in [0.3, 0.4) is 0 Å². The van der Waals surface area contributed by atoms with E-state index in [9.17, 15) is 18.0 Å². The van der Waals surface area contributed by atoms with Gasteiger partial charge in [-0.15, -0.1) is 0 Å². The lowest BCUT2D eigenvalue weighted by Crippen LogP contribution is -2.46. The van der Waals surface area contributed by atoms with Crippen LogP contribution in [0.4, 0.5) is 4.79 Å². The van der Waals surface area contributed by atoms with Crippen LogP contribution < -0.4 is 10.4 Å². The number of hydrogen-bond donors (Lipinski definition) is 1. The van der Waals surface area contributed by atoms with Crippen molar-refractivity contribution in [2.45, 2.75) is 23.8 Å². The number of rotatable bonds is 3. The Hall–Kier alpha value is -2.33. The molecule has 10 heteroatoms. The molecule has 1 fully saturated rings. The minimum atomic E-state index is -3.72. The van der Waals surface area contributed by atoms with Crippen LogP contribution >= 0.6 is 0 Å². The van der Waals surface area contributed by atoms with Gasteiger partial charge >= 0.3 is 11.8 Å². The molecule has 2 heterocycles. The fourth-order valence-electron chi connectivity index (χ4n) is 3.25. The van der Waals surface area contributed by atoms with E-state index in [0.717, 1.165) is 0 Å². The molecule has 1 saturated heterocycles. The van der Waals surface area contributed by atoms with E-state index in [1.807, 2.05) is 0 Å². The van der Waals surface area contributed by atoms with E-state index >= 15 is 0 Å². The van der Waals surface area contributed by atoms with Gasteiger partial charge in [0.1, 0.15) is 0 Å². The van der Waals surface area contributed by atoms with Crippen molar-refractivity contribution in [2.24, 2.45) is 14.1 Å². The van der Waals surface area contributed by atoms with E-state index in [2.05, 4.69) is 9.46 Å². The predicted molar refractivity (Wildman–Crippen MR) is 95.5 cm³/mol. The molecular formula is C16H22N4O5S. The molecule has 9 nitrogen and oxygen atoms in total. The maximum atomic E-state index is 12.7. The average Bonchev–Trinajstić information content (AvgIpc) is 2.85. The standard InChI is InChI=1S/C16H22N4O5S/c1-18-13-5-4-12(10-14(13)19(2)15(18)21)26(23,24)17-11-6-8-20(9-7-11)16(22)25-3/h4-5,10-11,17H,6-9H2,1-3H3. The SMILES string of the molecule is COC(=O)N1CCC(NS(=O)(=O)c2ccc3c(c2)n(C)c(=O)n3C)CC1. The molecule has 0 bridgehead atoms. The zero-order valence-corrected chi connectivity index (χ0v) is 15.7. The van der Waals surface area contributed by atoms with Crippen molar-refractivity contribution in [3.05, 3.63) is 28.7 Å². The Bertz CT molecular complexity index is 1000. The summed E-state index contributed by atoms with van der Waals surface area (Å²) in [4.78, 5) is 25.2. The molecule has 1 aliphatic rings. The zero-order chi connectivity index (χ0) is 19.1. The molecule has 0 aliphatic carbocycles. The van der Waals surface area contributed by atoms with Crippen LogP contribution in [0.1, 0.15) is 12.8 Å². The van der Waals surface area contributed by atoms with Gasteiger partial charge in [0.25, 0.3) is 0 Å². The molecule has 0 radical (unpaired) electrons. The van der Waals surface area contributed by atoms with E-state index in [4.69, 9.17) is 0 Å². The summed E-state index contributed by atoms with van der Waals surface area (Å²) in [7, 11) is 0.852. The number of ether oxygens (including phenoxy) is 1. The van der Waals surface area contributed by atoms with Gasteiger partial charge in [-0.05, 0) is 31.0 Å².